The van der Waals surface area contributed by atoms with Gasteiger partial charge in [0, 0.05) is 34.3 Å². The predicted octanol–water partition coefficient (Wildman–Crippen LogP) is 4.78. The van der Waals surface area contributed by atoms with Crippen LogP contribution >= 0.6 is 0 Å². The van der Waals surface area contributed by atoms with E-state index in [0.717, 1.165) is 16.5 Å². The molecule has 2 aromatic heterocycles. The smallest absolute Gasteiger partial charge is 0.408 e. The Morgan fingerprint density at radius 2 is 1.80 bits per heavy atom. The molecular formula is C26H30N6O3. The van der Waals surface area contributed by atoms with Crippen molar-refractivity contribution in [2.75, 3.05) is 0 Å². The van der Waals surface area contributed by atoms with Crippen LogP contribution in [0, 0.1) is 5.92 Å². The summed E-state index contributed by atoms with van der Waals surface area (Å²) in [5.41, 5.74) is 2.27. The van der Waals surface area contributed by atoms with E-state index in [1.165, 1.54) is 4.90 Å². The van der Waals surface area contributed by atoms with Gasteiger partial charge in [0.15, 0.2) is 0 Å². The number of benzene rings is 2. The fourth-order valence-electron chi connectivity index (χ4n) is 4.31. The van der Waals surface area contributed by atoms with E-state index in [2.05, 4.69) is 20.6 Å². The lowest BCUT2D eigenvalue weighted by Gasteiger charge is -2.35. The third-order valence-corrected chi connectivity index (χ3v) is 5.94. The van der Waals surface area contributed by atoms with Crippen LogP contribution in [0.25, 0.3) is 33.3 Å². The van der Waals surface area contributed by atoms with E-state index in [1.807, 2.05) is 71.0 Å². The molecule has 2 aromatic carbocycles. The Morgan fingerprint density at radius 1 is 1.09 bits per heavy atom. The Kier molecular flexibility index (Phi) is 6.43. The SMILES string of the molecule is CC(C)Cn1c(CN(C(=O)O)C(C)(C)C)c(-c2ccccc2)c2cc(-c3nn[nH]n3)ccc2c1=O. The number of pyridine rings is 1. The van der Waals surface area contributed by atoms with Crippen molar-refractivity contribution in [3.8, 4) is 22.5 Å². The molecule has 4 rings (SSSR count). The molecule has 182 valence electrons. The number of rotatable bonds is 6. The number of fused-ring (bicyclic) bond motifs is 1. The van der Waals surface area contributed by atoms with Crippen molar-refractivity contribution < 1.29 is 9.90 Å². The first-order chi connectivity index (χ1) is 16.6. The maximum Gasteiger partial charge on any atom is 0.408 e. The van der Waals surface area contributed by atoms with Crippen LogP contribution in [-0.2, 0) is 13.1 Å². The Labute approximate surface area is 203 Å². The molecule has 0 fully saturated rings. The van der Waals surface area contributed by atoms with E-state index in [0.29, 0.717) is 29.0 Å². The van der Waals surface area contributed by atoms with Crippen LogP contribution in [0.2, 0.25) is 0 Å². The van der Waals surface area contributed by atoms with Crippen LogP contribution in [0.15, 0.2) is 53.3 Å². The number of hydrogen-bond acceptors (Lipinski definition) is 5. The molecule has 0 atom stereocenters. The first-order valence-corrected chi connectivity index (χ1v) is 11.6. The molecule has 0 aliphatic rings. The molecule has 2 N–H and O–H groups in total. The number of carboxylic acid groups (broad SMARTS) is 1. The maximum absolute atomic E-state index is 13.8. The van der Waals surface area contributed by atoms with Gasteiger partial charge in [0.05, 0.1) is 6.54 Å². The zero-order valence-corrected chi connectivity index (χ0v) is 20.6. The number of amides is 1. The summed E-state index contributed by atoms with van der Waals surface area (Å²) in [6, 6.07) is 15.2. The second kappa shape index (κ2) is 9.32. The van der Waals surface area contributed by atoms with Crippen molar-refractivity contribution in [1.29, 1.82) is 0 Å². The minimum Gasteiger partial charge on any atom is -0.465 e. The lowest BCUT2D eigenvalue weighted by molar-refractivity contribution is 0.0937. The molecule has 0 spiro atoms. The minimum absolute atomic E-state index is 0.0629. The molecule has 35 heavy (non-hydrogen) atoms. The summed E-state index contributed by atoms with van der Waals surface area (Å²) in [5.74, 6) is 0.597. The van der Waals surface area contributed by atoms with Crippen LogP contribution in [0.3, 0.4) is 0 Å². The number of aromatic amines is 1. The largest absolute Gasteiger partial charge is 0.465 e. The van der Waals surface area contributed by atoms with Gasteiger partial charge >= 0.3 is 6.09 Å². The van der Waals surface area contributed by atoms with Crippen LogP contribution < -0.4 is 5.56 Å². The quantitative estimate of drug-likeness (QED) is 0.415. The zero-order valence-electron chi connectivity index (χ0n) is 20.6. The highest BCUT2D eigenvalue weighted by Crippen LogP contribution is 2.34. The monoisotopic (exact) mass is 474 g/mol. The second-order valence-electron chi connectivity index (χ2n) is 10.0. The molecule has 0 saturated heterocycles. The molecule has 9 heteroatoms. The van der Waals surface area contributed by atoms with E-state index in [-0.39, 0.29) is 18.0 Å². The molecule has 1 amide bonds. The first-order valence-electron chi connectivity index (χ1n) is 11.6. The Bertz CT molecular complexity index is 1400. The molecule has 0 radical (unpaired) electrons. The average Bonchev–Trinajstić information content (AvgIpc) is 3.33. The summed E-state index contributed by atoms with van der Waals surface area (Å²) >= 11 is 0. The summed E-state index contributed by atoms with van der Waals surface area (Å²) < 4.78 is 1.74. The second-order valence-corrected chi connectivity index (χ2v) is 10.0. The highest BCUT2D eigenvalue weighted by atomic mass is 16.4. The fourth-order valence-corrected chi connectivity index (χ4v) is 4.31. The number of hydrogen-bond donors (Lipinski definition) is 2. The Balaban J connectivity index is 2.12. The molecule has 0 aliphatic heterocycles. The number of nitrogens with one attached hydrogen (secondary N) is 1. The number of tetrazole rings is 1. The molecule has 0 bridgehead atoms. The predicted molar refractivity (Wildman–Crippen MR) is 135 cm³/mol. The lowest BCUT2D eigenvalue weighted by atomic mass is 9.94. The van der Waals surface area contributed by atoms with E-state index < -0.39 is 11.6 Å². The van der Waals surface area contributed by atoms with E-state index in [1.54, 1.807) is 16.7 Å². The van der Waals surface area contributed by atoms with Crippen molar-refractivity contribution in [1.82, 2.24) is 30.1 Å². The zero-order chi connectivity index (χ0) is 25.3. The molecule has 0 unspecified atom stereocenters. The Morgan fingerprint density at radius 3 is 2.37 bits per heavy atom. The van der Waals surface area contributed by atoms with Gasteiger partial charge in [-0.2, -0.15) is 5.21 Å². The standard InChI is InChI=1S/C26H30N6O3/c1-16(2)14-31-21(15-32(25(34)35)26(3,4)5)22(17-9-7-6-8-10-17)20-13-18(23-27-29-30-28-23)11-12-19(20)24(31)33/h6-13,16H,14-15H2,1-5H3,(H,34,35)(H,27,28,29,30). The maximum atomic E-state index is 13.8. The van der Waals surface area contributed by atoms with Crippen molar-refractivity contribution in [3.63, 3.8) is 0 Å². The van der Waals surface area contributed by atoms with Crippen molar-refractivity contribution in [2.45, 2.75) is 53.2 Å². The van der Waals surface area contributed by atoms with Gasteiger partial charge in [0.2, 0.25) is 5.82 Å². The third kappa shape index (κ3) is 4.80. The molecule has 9 nitrogen and oxygen atoms in total. The van der Waals surface area contributed by atoms with Crippen molar-refractivity contribution in [2.24, 2.45) is 5.92 Å². The van der Waals surface area contributed by atoms with Gasteiger partial charge in [-0.25, -0.2) is 4.79 Å². The number of carbonyl (C=O) groups is 1. The number of H-pyrrole nitrogens is 1. The highest BCUT2D eigenvalue weighted by molar-refractivity contribution is 5.99. The van der Waals surface area contributed by atoms with Crippen molar-refractivity contribution in [3.05, 3.63) is 64.6 Å². The molecular weight excluding hydrogens is 444 g/mol. The summed E-state index contributed by atoms with van der Waals surface area (Å²) in [6.45, 7) is 10.2. The first kappa shape index (κ1) is 24.1. The third-order valence-electron chi connectivity index (χ3n) is 5.94. The summed E-state index contributed by atoms with van der Waals surface area (Å²) in [6.07, 6.45) is -1.04. The number of nitrogens with zero attached hydrogens (tertiary/aromatic N) is 5. The number of aromatic nitrogens is 5. The molecule has 4 aromatic rings. The van der Waals surface area contributed by atoms with Gasteiger partial charge in [-0.15, -0.1) is 10.2 Å². The van der Waals surface area contributed by atoms with Crippen LogP contribution in [0.4, 0.5) is 4.79 Å². The summed E-state index contributed by atoms with van der Waals surface area (Å²) in [7, 11) is 0. The highest BCUT2D eigenvalue weighted by Gasteiger charge is 2.30. The van der Waals surface area contributed by atoms with Crippen LogP contribution in [-0.4, -0.2) is 46.8 Å². The fraction of sp³-hybridized carbons (Fsp3) is 0.346. The minimum atomic E-state index is -1.04. The summed E-state index contributed by atoms with van der Waals surface area (Å²) in [5, 5.41) is 25.6. The normalized spacial score (nSPS) is 11.8. The molecule has 0 saturated carbocycles. The molecule has 0 aliphatic carbocycles. The van der Waals surface area contributed by atoms with Gasteiger partial charge in [-0.05, 0) is 55.0 Å². The van der Waals surface area contributed by atoms with Gasteiger partial charge in [-0.3, -0.25) is 9.69 Å². The topological polar surface area (TPSA) is 117 Å². The van der Waals surface area contributed by atoms with Gasteiger partial charge in [0.1, 0.15) is 0 Å². The Hall–Kier alpha value is -4.01. The van der Waals surface area contributed by atoms with Crippen molar-refractivity contribution >= 4 is 16.9 Å². The van der Waals surface area contributed by atoms with E-state index in [4.69, 9.17) is 0 Å². The van der Waals surface area contributed by atoms with Crippen LogP contribution in [0.1, 0.15) is 40.3 Å². The molecule has 2 heterocycles. The lowest BCUT2D eigenvalue weighted by Crippen LogP contribution is -2.45. The van der Waals surface area contributed by atoms with Gasteiger partial charge in [0.25, 0.3) is 5.56 Å². The summed E-state index contributed by atoms with van der Waals surface area (Å²) in [4.78, 5) is 27.5. The van der Waals surface area contributed by atoms with E-state index >= 15 is 0 Å². The van der Waals surface area contributed by atoms with Gasteiger partial charge in [-0.1, -0.05) is 50.2 Å². The van der Waals surface area contributed by atoms with E-state index in [9.17, 15) is 14.7 Å². The van der Waals surface area contributed by atoms with Crippen LogP contribution in [0.5, 0.6) is 0 Å². The average molecular weight is 475 g/mol. The van der Waals surface area contributed by atoms with Gasteiger partial charge < -0.3 is 9.67 Å².